The van der Waals surface area contributed by atoms with Crippen molar-refractivity contribution in [2.45, 2.75) is 64.7 Å². The molecule has 2 heterocycles. The summed E-state index contributed by atoms with van der Waals surface area (Å²) < 4.78 is 2.18. The fraction of sp³-hybridized carbons (Fsp3) is 0.381. The molecule has 0 bridgehead atoms. The van der Waals surface area contributed by atoms with Gasteiger partial charge in [0.15, 0.2) is 5.82 Å². The first-order valence-corrected chi connectivity index (χ1v) is 18.4. The fourth-order valence-electron chi connectivity index (χ4n) is 6.37. The van der Waals surface area contributed by atoms with Gasteiger partial charge in [0.2, 0.25) is 0 Å². The molecule has 11 heteroatoms. The number of hydrogen-bond donors (Lipinski definition) is 4. The van der Waals surface area contributed by atoms with Gasteiger partial charge in [-0.05, 0) is 96.3 Å². The molecule has 0 saturated heterocycles. The number of benzene rings is 3. The molecular weight excluding hydrogens is 667 g/mol. The smallest absolute Gasteiger partial charge is 0.414 e. The minimum absolute atomic E-state index is 0.612. The van der Waals surface area contributed by atoms with Crippen LogP contribution in [0.25, 0.3) is 39.4 Å². The number of aromatic nitrogens is 3. The molecular formula is C42H55N7O4. The second kappa shape index (κ2) is 20.3. The van der Waals surface area contributed by atoms with Crippen molar-refractivity contribution in [3.05, 3.63) is 102 Å². The molecule has 0 saturated carbocycles. The molecule has 0 radical (unpaired) electrons. The van der Waals surface area contributed by atoms with Crippen LogP contribution < -0.4 is 10.6 Å². The lowest BCUT2D eigenvalue weighted by molar-refractivity contribution is -0.159. The highest BCUT2D eigenvalue weighted by atomic mass is 16.4. The standard InChI is InChI=1S/C40H53N7.C2H2O4/c1-7-34(45(3)4)22-25-41-28-30-14-18-33(19-15-30)39-43-38(32-12-10-9-11-13-32)37-24-27-47(40(37)44-39)36-20-16-31(17-21-36)29-42-26-23-35(8-2)46(5)6;3-1(4)2(5)6/h9-21,24,27,34-35,41-42H,7-8,22-23,25-26,28-29H2,1-6H3;(H,3,4)(H,5,6). The van der Waals surface area contributed by atoms with Gasteiger partial charge >= 0.3 is 11.9 Å². The second-order valence-electron chi connectivity index (χ2n) is 13.6. The van der Waals surface area contributed by atoms with Gasteiger partial charge in [0.1, 0.15) is 5.65 Å². The molecule has 2 atom stereocenters. The first kappa shape index (κ1) is 40.8. The predicted octanol–water partition coefficient (Wildman–Crippen LogP) is 6.55. The maximum Gasteiger partial charge on any atom is 0.414 e. The SMILES string of the molecule is CCC(CCNCc1ccc(-c2nc(-c3ccccc3)c3ccn(-c4ccc(CNCCC(CC)N(C)C)cc4)c3n2)cc1)N(C)C.O=C(O)C(=O)O. The zero-order valence-corrected chi connectivity index (χ0v) is 31.9. The number of nitrogens with zero attached hydrogens (tertiary/aromatic N) is 5. The summed E-state index contributed by atoms with van der Waals surface area (Å²) in [7, 11) is 8.66. The molecule has 0 amide bonds. The summed E-state index contributed by atoms with van der Waals surface area (Å²) in [6.07, 6.45) is 6.75. The highest BCUT2D eigenvalue weighted by Crippen LogP contribution is 2.31. The van der Waals surface area contributed by atoms with Gasteiger partial charge in [0.05, 0.1) is 5.69 Å². The van der Waals surface area contributed by atoms with Crippen LogP contribution in [-0.2, 0) is 22.7 Å². The van der Waals surface area contributed by atoms with Crippen LogP contribution in [0.15, 0.2) is 91.1 Å². The number of carboxylic acids is 2. The van der Waals surface area contributed by atoms with Gasteiger partial charge in [-0.1, -0.05) is 80.6 Å². The number of fused-ring (bicyclic) bond motifs is 1. The molecule has 0 fully saturated rings. The van der Waals surface area contributed by atoms with E-state index in [1.807, 2.05) is 6.07 Å². The summed E-state index contributed by atoms with van der Waals surface area (Å²) in [6.45, 7) is 8.24. The van der Waals surface area contributed by atoms with E-state index < -0.39 is 11.9 Å². The van der Waals surface area contributed by atoms with E-state index in [9.17, 15) is 0 Å². The maximum absolute atomic E-state index is 9.10. The lowest BCUT2D eigenvalue weighted by atomic mass is 10.1. The highest BCUT2D eigenvalue weighted by molar-refractivity contribution is 6.27. The number of carbonyl (C=O) groups is 2. The van der Waals surface area contributed by atoms with Gasteiger partial charge in [-0.25, -0.2) is 19.6 Å². The highest BCUT2D eigenvalue weighted by Gasteiger charge is 2.16. The lowest BCUT2D eigenvalue weighted by Gasteiger charge is -2.22. The summed E-state index contributed by atoms with van der Waals surface area (Å²) in [6, 6.07) is 31.3. The molecule has 2 aromatic heterocycles. The number of rotatable bonds is 17. The van der Waals surface area contributed by atoms with Crippen LogP contribution in [0, 0.1) is 0 Å². The molecule has 53 heavy (non-hydrogen) atoms. The topological polar surface area (TPSA) is 136 Å². The van der Waals surface area contributed by atoms with Crippen molar-refractivity contribution in [2.24, 2.45) is 0 Å². The zero-order valence-electron chi connectivity index (χ0n) is 31.9. The van der Waals surface area contributed by atoms with Gasteiger partial charge in [-0.15, -0.1) is 0 Å². The Labute approximate surface area is 313 Å². The third kappa shape index (κ3) is 11.8. The summed E-state index contributed by atoms with van der Waals surface area (Å²) in [5.74, 6) is -2.92. The van der Waals surface area contributed by atoms with Crippen molar-refractivity contribution in [1.82, 2.24) is 35.0 Å². The minimum atomic E-state index is -1.82. The van der Waals surface area contributed by atoms with Crippen molar-refractivity contribution >= 4 is 23.0 Å². The minimum Gasteiger partial charge on any atom is -0.473 e. The van der Waals surface area contributed by atoms with Gasteiger partial charge in [-0.3, -0.25) is 0 Å². The Morgan fingerprint density at radius 1 is 0.679 bits per heavy atom. The van der Waals surface area contributed by atoms with Crippen LogP contribution in [0.5, 0.6) is 0 Å². The van der Waals surface area contributed by atoms with Crippen LogP contribution in [0.4, 0.5) is 0 Å². The van der Waals surface area contributed by atoms with Crippen LogP contribution in [0.2, 0.25) is 0 Å². The van der Waals surface area contributed by atoms with E-state index in [2.05, 4.69) is 152 Å². The first-order chi connectivity index (χ1) is 25.5. The van der Waals surface area contributed by atoms with E-state index in [0.29, 0.717) is 12.1 Å². The summed E-state index contributed by atoms with van der Waals surface area (Å²) in [4.78, 5) is 33.1. The van der Waals surface area contributed by atoms with Gasteiger partial charge in [-0.2, -0.15) is 0 Å². The number of nitrogens with one attached hydrogen (secondary N) is 2. The van der Waals surface area contributed by atoms with Crippen LogP contribution in [0.3, 0.4) is 0 Å². The summed E-state index contributed by atoms with van der Waals surface area (Å²) >= 11 is 0. The molecule has 282 valence electrons. The third-order valence-electron chi connectivity index (χ3n) is 9.57. The Balaban J connectivity index is 0.000000964. The molecule has 5 aromatic rings. The van der Waals surface area contributed by atoms with E-state index in [0.717, 1.165) is 78.4 Å². The van der Waals surface area contributed by atoms with Crippen molar-refractivity contribution in [3.8, 4) is 28.3 Å². The monoisotopic (exact) mass is 721 g/mol. The Morgan fingerprint density at radius 2 is 1.19 bits per heavy atom. The van der Waals surface area contributed by atoms with Gasteiger partial charge < -0.3 is 35.2 Å². The second-order valence-corrected chi connectivity index (χ2v) is 13.6. The zero-order chi connectivity index (χ0) is 38.3. The van der Waals surface area contributed by atoms with E-state index in [1.54, 1.807) is 0 Å². The van der Waals surface area contributed by atoms with E-state index >= 15 is 0 Å². The Kier molecular flexibility index (Phi) is 15.7. The third-order valence-corrected chi connectivity index (χ3v) is 9.57. The average molecular weight is 722 g/mol. The number of aliphatic carboxylic acids is 2. The normalized spacial score (nSPS) is 12.5. The van der Waals surface area contributed by atoms with E-state index in [4.69, 9.17) is 29.8 Å². The van der Waals surface area contributed by atoms with Crippen molar-refractivity contribution in [1.29, 1.82) is 0 Å². The summed E-state index contributed by atoms with van der Waals surface area (Å²) in [5.41, 5.74) is 7.59. The first-order valence-electron chi connectivity index (χ1n) is 18.4. The Morgan fingerprint density at radius 3 is 1.66 bits per heavy atom. The molecule has 0 spiro atoms. The predicted molar refractivity (Wildman–Crippen MR) is 213 cm³/mol. The molecule has 11 nitrogen and oxygen atoms in total. The van der Waals surface area contributed by atoms with Crippen molar-refractivity contribution < 1.29 is 19.8 Å². The quantitative estimate of drug-likeness (QED) is 0.0619. The molecule has 0 aliphatic carbocycles. The van der Waals surface area contributed by atoms with Crippen LogP contribution >= 0.6 is 0 Å². The van der Waals surface area contributed by atoms with Gasteiger partial charge in [0, 0.05) is 53.6 Å². The summed E-state index contributed by atoms with van der Waals surface area (Å²) in [5, 5.41) is 23.1. The van der Waals surface area contributed by atoms with Gasteiger partial charge in [0.25, 0.3) is 0 Å². The number of hydrogen-bond acceptors (Lipinski definition) is 8. The van der Waals surface area contributed by atoms with E-state index in [1.165, 1.54) is 24.0 Å². The molecule has 2 unspecified atom stereocenters. The Hall–Kier alpha value is -4.94. The molecule has 0 aliphatic rings. The molecule has 5 rings (SSSR count). The largest absolute Gasteiger partial charge is 0.473 e. The molecule has 0 aliphatic heterocycles. The van der Waals surface area contributed by atoms with Crippen LogP contribution in [0.1, 0.15) is 50.7 Å². The van der Waals surface area contributed by atoms with Crippen molar-refractivity contribution in [2.75, 3.05) is 41.3 Å². The average Bonchev–Trinajstić information content (AvgIpc) is 3.59. The van der Waals surface area contributed by atoms with Crippen LogP contribution in [-0.4, -0.2) is 99.9 Å². The maximum atomic E-state index is 9.10. The van der Waals surface area contributed by atoms with E-state index in [-0.39, 0.29) is 0 Å². The Bertz CT molecular complexity index is 1860. The van der Waals surface area contributed by atoms with Crippen molar-refractivity contribution in [3.63, 3.8) is 0 Å². The lowest BCUT2D eigenvalue weighted by Crippen LogP contribution is -2.30. The fourth-order valence-corrected chi connectivity index (χ4v) is 6.37. The molecule has 4 N–H and O–H groups in total. The number of carboxylic acid groups (broad SMARTS) is 2. The molecule has 3 aromatic carbocycles.